The van der Waals surface area contributed by atoms with E-state index in [1.54, 1.807) is 18.3 Å². The fraction of sp³-hybridized carbons (Fsp3) is 0.419. The zero-order valence-corrected chi connectivity index (χ0v) is 22.2. The predicted octanol–water partition coefficient (Wildman–Crippen LogP) is 4.16. The molecule has 2 aliphatic rings. The Labute approximate surface area is 229 Å². The number of rotatable bonds is 11. The summed E-state index contributed by atoms with van der Waals surface area (Å²) in [6.07, 6.45) is 6.72. The quantitative estimate of drug-likeness (QED) is 0.339. The lowest BCUT2D eigenvalue weighted by atomic mass is 9.96. The summed E-state index contributed by atoms with van der Waals surface area (Å²) in [5.41, 5.74) is 4.38. The number of aromatic nitrogens is 1. The minimum Gasteiger partial charge on any atom is -0.489 e. The van der Waals surface area contributed by atoms with Crippen molar-refractivity contribution in [2.24, 2.45) is 0 Å². The van der Waals surface area contributed by atoms with Crippen LogP contribution in [0.5, 0.6) is 11.5 Å². The molecule has 3 aromatic rings. The Morgan fingerprint density at radius 2 is 1.90 bits per heavy atom. The largest absolute Gasteiger partial charge is 0.489 e. The van der Waals surface area contributed by atoms with E-state index in [1.165, 1.54) is 19.3 Å². The molecule has 2 atom stereocenters. The van der Waals surface area contributed by atoms with E-state index in [2.05, 4.69) is 21.3 Å². The van der Waals surface area contributed by atoms with E-state index in [4.69, 9.17) is 14.6 Å². The smallest absolute Gasteiger partial charge is 0.335 e. The predicted molar refractivity (Wildman–Crippen MR) is 149 cm³/mol. The summed E-state index contributed by atoms with van der Waals surface area (Å²) in [7, 11) is 0. The molecular formula is C31H37N3O5. The standard InChI is InChI=1S/C31H37N3O5/c35-26(21-38-30-5-4-14-33-28(30)20-34-15-2-1-3-16-34)18-32-19-27-12-10-25-17-24(11-13-29(25)39-27)22-6-8-23(9-7-22)31(36)37/h4-9,11,13-14,17,26-27,32,35H,1-3,10,12,15-16,18-21H2,(H,36,37). The normalized spacial score (nSPS) is 18.1. The molecule has 2 unspecified atom stereocenters. The van der Waals surface area contributed by atoms with Crippen molar-refractivity contribution in [2.75, 3.05) is 32.8 Å². The van der Waals surface area contributed by atoms with Crippen molar-refractivity contribution in [3.05, 3.63) is 77.6 Å². The number of aliphatic hydroxyl groups excluding tert-OH is 1. The van der Waals surface area contributed by atoms with Crippen molar-refractivity contribution < 1.29 is 24.5 Å². The molecular weight excluding hydrogens is 494 g/mol. The Balaban J connectivity index is 1.06. The molecule has 1 fully saturated rings. The molecule has 8 heteroatoms. The van der Waals surface area contributed by atoms with Gasteiger partial charge in [0.15, 0.2) is 0 Å². The van der Waals surface area contributed by atoms with Crippen LogP contribution >= 0.6 is 0 Å². The second-order valence-electron chi connectivity index (χ2n) is 10.4. The van der Waals surface area contributed by atoms with Gasteiger partial charge in [0.25, 0.3) is 0 Å². The van der Waals surface area contributed by atoms with Crippen molar-refractivity contribution >= 4 is 5.97 Å². The van der Waals surface area contributed by atoms with Gasteiger partial charge in [0.1, 0.15) is 30.3 Å². The van der Waals surface area contributed by atoms with Gasteiger partial charge >= 0.3 is 5.97 Å². The number of ether oxygens (including phenoxy) is 2. The number of piperidine rings is 1. The number of pyridine rings is 1. The van der Waals surface area contributed by atoms with E-state index >= 15 is 0 Å². The lowest BCUT2D eigenvalue weighted by molar-refractivity contribution is 0.0697. The van der Waals surface area contributed by atoms with Crippen molar-refractivity contribution in [3.8, 4) is 22.6 Å². The van der Waals surface area contributed by atoms with Crippen LogP contribution in [0.3, 0.4) is 0 Å². The highest BCUT2D eigenvalue weighted by Crippen LogP contribution is 2.32. The molecule has 3 N–H and O–H groups in total. The molecule has 3 heterocycles. The van der Waals surface area contributed by atoms with Gasteiger partial charge < -0.3 is 25.0 Å². The first-order chi connectivity index (χ1) is 19.0. The maximum Gasteiger partial charge on any atom is 0.335 e. The van der Waals surface area contributed by atoms with Gasteiger partial charge in [0.2, 0.25) is 0 Å². The monoisotopic (exact) mass is 531 g/mol. The lowest BCUT2D eigenvalue weighted by Crippen LogP contribution is -2.39. The van der Waals surface area contributed by atoms with Gasteiger partial charge in [-0.05, 0) is 91.9 Å². The molecule has 1 aromatic heterocycles. The Morgan fingerprint density at radius 1 is 1.10 bits per heavy atom. The zero-order valence-electron chi connectivity index (χ0n) is 22.2. The Bertz CT molecular complexity index is 1240. The van der Waals surface area contributed by atoms with Crippen molar-refractivity contribution in [3.63, 3.8) is 0 Å². The molecule has 2 aromatic carbocycles. The van der Waals surface area contributed by atoms with Gasteiger partial charge in [-0.1, -0.05) is 24.6 Å². The first-order valence-electron chi connectivity index (χ1n) is 13.9. The third-order valence-electron chi connectivity index (χ3n) is 7.41. The topological polar surface area (TPSA) is 104 Å². The lowest BCUT2D eigenvalue weighted by Gasteiger charge is -2.27. The molecule has 206 valence electrons. The molecule has 0 spiro atoms. The number of benzene rings is 2. The fourth-order valence-electron chi connectivity index (χ4n) is 5.23. The van der Waals surface area contributed by atoms with E-state index < -0.39 is 12.1 Å². The number of carboxylic acids is 1. The van der Waals surface area contributed by atoms with Crippen LogP contribution in [-0.4, -0.2) is 71.1 Å². The molecule has 39 heavy (non-hydrogen) atoms. The van der Waals surface area contributed by atoms with Gasteiger partial charge in [-0.3, -0.25) is 9.88 Å². The number of aromatic carboxylic acids is 1. The average molecular weight is 532 g/mol. The number of nitrogens with zero attached hydrogens (tertiary/aromatic N) is 2. The number of likely N-dealkylation sites (tertiary alicyclic amines) is 1. The van der Waals surface area contributed by atoms with Crippen LogP contribution in [0, 0.1) is 0 Å². The molecule has 0 amide bonds. The Kier molecular flexibility index (Phi) is 9.08. The summed E-state index contributed by atoms with van der Waals surface area (Å²) in [6.45, 7) is 4.24. The van der Waals surface area contributed by atoms with Crippen LogP contribution in [-0.2, 0) is 13.0 Å². The average Bonchev–Trinajstić information content (AvgIpc) is 2.97. The van der Waals surface area contributed by atoms with Gasteiger partial charge in [0.05, 0.1) is 11.3 Å². The first-order valence-corrected chi connectivity index (χ1v) is 13.9. The number of aliphatic hydroxyl groups is 1. The van der Waals surface area contributed by atoms with E-state index in [0.29, 0.717) is 13.1 Å². The number of carbonyl (C=O) groups is 1. The number of hydrogen-bond donors (Lipinski definition) is 3. The molecule has 0 saturated carbocycles. The highest BCUT2D eigenvalue weighted by molar-refractivity contribution is 5.88. The van der Waals surface area contributed by atoms with Crippen molar-refractivity contribution in [2.45, 2.75) is 50.9 Å². The molecule has 0 radical (unpaired) electrons. The molecule has 5 rings (SSSR count). The molecule has 8 nitrogen and oxygen atoms in total. The van der Waals surface area contributed by atoms with Crippen LogP contribution in [0.1, 0.15) is 47.3 Å². The van der Waals surface area contributed by atoms with Crippen LogP contribution < -0.4 is 14.8 Å². The molecule has 2 aliphatic heterocycles. The van der Waals surface area contributed by atoms with Crippen LogP contribution in [0.2, 0.25) is 0 Å². The number of aryl methyl sites for hydroxylation is 1. The van der Waals surface area contributed by atoms with E-state index in [0.717, 1.165) is 66.4 Å². The summed E-state index contributed by atoms with van der Waals surface area (Å²) < 4.78 is 12.2. The van der Waals surface area contributed by atoms with E-state index in [1.807, 2.05) is 36.4 Å². The maximum atomic E-state index is 11.1. The van der Waals surface area contributed by atoms with Crippen molar-refractivity contribution in [1.29, 1.82) is 0 Å². The number of nitrogens with one attached hydrogen (secondary N) is 1. The number of hydrogen-bond acceptors (Lipinski definition) is 7. The Morgan fingerprint density at radius 3 is 2.69 bits per heavy atom. The minimum atomic E-state index is -0.925. The molecule has 0 aliphatic carbocycles. The van der Waals surface area contributed by atoms with Gasteiger partial charge in [-0.15, -0.1) is 0 Å². The summed E-state index contributed by atoms with van der Waals surface area (Å²) in [4.78, 5) is 18.0. The van der Waals surface area contributed by atoms with Crippen LogP contribution in [0.4, 0.5) is 0 Å². The zero-order chi connectivity index (χ0) is 27.0. The third kappa shape index (κ3) is 7.35. The summed E-state index contributed by atoms with van der Waals surface area (Å²) >= 11 is 0. The SMILES string of the molecule is O=C(O)c1ccc(-c2ccc3c(c2)CCC(CNCC(O)COc2cccnc2CN2CCCCC2)O3)cc1. The highest BCUT2D eigenvalue weighted by Gasteiger charge is 2.21. The molecule has 1 saturated heterocycles. The number of fused-ring (bicyclic) bond motifs is 1. The second-order valence-corrected chi connectivity index (χ2v) is 10.4. The van der Waals surface area contributed by atoms with E-state index in [9.17, 15) is 9.90 Å². The Hall–Kier alpha value is -3.46. The summed E-state index contributed by atoms with van der Waals surface area (Å²) in [6, 6.07) is 16.8. The molecule has 0 bridgehead atoms. The first kappa shape index (κ1) is 27.1. The fourth-order valence-corrected chi connectivity index (χ4v) is 5.23. The maximum absolute atomic E-state index is 11.1. The second kappa shape index (κ2) is 13.1. The van der Waals surface area contributed by atoms with Crippen molar-refractivity contribution in [1.82, 2.24) is 15.2 Å². The van der Waals surface area contributed by atoms with Gasteiger partial charge in [-0.2, -0.15) is 0 Å². The van der Waals surface area contributed by atoms with Crippen LogP contribution in [0.15, 0.2) is 60.8 Å². The summed E-state index contributed by atoms with van der Waals surface area (Å²) in [5.74, 6) is 0.693. The minimum absolute atomic E-state index is 0.0285. The van der Waals surface area contributed by atoms with Gasteiger partial charge in [-0.25, -0.2) is 4.79 Å². The highest BCUT2D eigenvalue weighted by atomic mass is 16.5. The van der Waals surface area contributed by atoms with Crippen LogP contribution in [0.25, 0.3) is 11.1 Å². The van der Waals surface area contributed by atoms with E-state index in [-0.39, 0.29) is 18.3 Å². The third-order valence-corrected chi connectivity index (χ3v) is 7.41. The van der Waals surface area contributed by atoms with Gasteiger partial charge in [0, 0.05) is 25.8 Å². The summed E-state index contributed by atoms with van der Waals surface area (Å²) in [5, 5.41) is 22.9. The number of carboxylic acid groups (broad SMARTS) is 1.